The SMILES string of the molecule is C#CCCNC(C)c1ccc(OC(F)(F)F)cc1. The molecule has 0 saturated heterocycles. The quantitative estimate of drug-likeness (QED) is 0.645. The average molecular weight is 257 g/mol. The first kappa shape index (κ1) is 14.4. The van der Waals surface area contributed by atoms with Crippen molar-refractivity contribution in [2.24, 2.45) is 0 Å². The summed E-state index contributed by atoms with van der Waals surface area (Å²) in [4.78, 5) is 0. The van der Waals surface area contributed by atoms with Crippen LogP contribution in [0.1, 0.15) is 24.9 Å². The number of nitrogens with one attached hydrogen (secondary N) is 1. The van der Waals surface area contributed by atoms with Crippen LogP contribution in [0.4, 0.5) is 13.2 Å². The van der Waals surface area contributed by atoms with Crippen molar-refractivity contribution in [3.05, 3.63) is 29.8 Å². The van der Waals surface area contributed by atoms with Gasteiger partial charge in [0.1, 0.15) is 5.75 Å². The fourth-order valence-corrected chi connectivity index (χ4v) is 1.44. The second kappa shape index (κ2) is 6.31. The number of terminal acetylenes is 1. The Balaban J connectivity index is 2.57. The largest absolute Gasteiger partial charge is 0.573 e. The van der Waals surface area contributed by atoms with Crippen LogP contribution in [-0.4, -0.2) is 12.9 Å². The van der Waals surface area contributed by atoms with Gasteiger partial charge in [-0.05, 0) is 24.6 Å². The normalized spacial score (nSPS) is 12.8. The molecule has 0 aliphatic carbocycles. The number of rotatable bonds is 5. The highest BCUT2D eigenvalue weighted by Gasteiger charge is 2.30. The molecule has 5 heteroatoms. The van der Waals surface area contributed by atoms with Crippen LogP contribution >= 0.6 is 0 Å². The second-order valence-corrected chi connectivity index (χ2v) is 3.75. The smallest absolute Gasteiger partial charge is 0.406 e. The molecule has 0 aliphatic heterocycles. The Bertz CT molecular complexity index is 406. The van der Waals surface area contributed by atoms with Gasteiger partial charge in [0.05, 0.1) is 0 Å². The van der Waals surface area contributed by atoms with Gasteiger partial charge in [0.25, 0.3) is 0 Å². The topological polar surface area (TPSA) is 21.3 Å². The van der Waals surface area contributed by atoms with Crippen molar-refractivity contribution in [2.45, 2.75) is 25.7 Å². The Hall–Kier alpha value is -1.67. The molecule has 0 saturated carbocycles. The Morgan fingerprint density at radius 3 is 2.44 bits per heavy atom. The summed E-state index contributed by atoms with van der Waals surface area (Å²) in [6, 6.07) is 5.80. The summed E-state index contributed by atoms with van der Waals surface area (Å²) in [5.74, 6) is 2.28. The number of ether oxygens (including phenoxy) is 1. The first-order valence-electron chi connectivity index (χ1n) is 5.45. The van der Waals surface area contributed by atoms with Gasteiger partial charge in [-0.3, -0.25) is 0 Å². The van der Waals surface area contributed by atoms with E-state index in [1.807, 2.05) is 6.92 Å². The predicted molar refractivity (Wildman–Crippen MR) is 63.0 cm³/mol. The van der Waals surface area contributed by atoms with E-state index in [1.165, 1.54) is 12.1 Å². The van der Waals surface area contributed by atoms with Gasteiger partial charge in [0.2, 0.25) is 0 Å². The molecule has 1 N–H and O–H groups in total. The standard InChI is InChI=1S/C13H14F3NO/c1-3-4-9-17-10(2)11-5-7-12(8-6-11)18-13(14,15)16/h1,5-8,10,17H,4,9H2,2H3. The second-order valence-electron chi connectivity index (χ2n) is 3.75. The Kier molecular flexibility index (Phi) is 5.05. The van der Waals surface area contributed by atoms with E-state index in [0.717, 1.165) is 5.56 Å². The molecule has 1 aromatic carbocycles. The van der Waals surface area contributed by atoms with Gasteiger partial charge in [0.15, 0.2) is 0 Å². The van der Waals surface area contributed by atoms with Crippen LogP contribution in [0.5, 0.6) is 5.75 Å². The third-order valence-electron chi connectivity index (χ3n) is 2.33. The first-order valence-corrected chi connectivity index (χ1v) is 5.45. The molecule has 18 heavy (non-hydrogen) atoms. The van der Waals surface area contributed by atoms with Crippen LogP contribution in [-0.2, 0) is 0 Å². The van der Waals surface area contributed by atoms with Crippen LogP contribution in [0.25, 0.3) is 0 Å². The Morgan fingerprint density at radius 2 is 1.94 bits per heavy atom. The Morgan fingerprint density at radius 1 is 1.33 bits per heavy atom. The monoisotopic (exact) mass is 257 g/mol. The lowest BCUT2D eigenvalue weighted by Gasteiger charge is -2.14. The van der Waals surface area contributed by atoms with Crippen LogP contribution in [0.2, 0.25) is 0 Å². The maximum absolute atomic E-state index is 12.0. The van der Waals surface area contributed by atoms with Crippen LogP contribution in [0.3, 0.4) is 0 Å². The molecule has 1 rings (SSSR count). The molecule has 1 atom stereocenters. The molecule has 98 valence electrons. The van der Waals surface area contributed by atoms with Gasteiger partial charge < -0.3 is 10.1 Å². The van der Waals surface area contributed by atoms with E-state index in [0.29, 0.717) is 13.0 Å². The van der Waals surface area contributed by atoms with Gasteiger partial charge in [-0.2, -0.15) is 0 Å². The zero-order valence-corrected chi connectivity index (χ0v) is 9.92. The van der Waals surface area contributed by atoms with Crippen LogP contribution in [0.15, 0.2) is 24.3 Å². The van der Waals surface area contributed by atoms with E-state index in [1.54, 1.807) is 12.1 Å². The minimum atomic E-state index is -4.65. The highest BCUT2D eigenvalue weighted by molar-refractivity contribution is 5.29. The minimum Gasteiger partial charge on any atom is -0.406 e. The lowest BCUT2D eigenvalue weighted by molar-refractivity contribution is -0.274. The highest BCUT2D eigenvalue weighted by Crippen LogP contribution is 2.24. The minimum absolute atomic E-state index is 0.0262. The molecule has 0 aliphatic rings. The summed E-state index contributed by atoms with van der Waals surface area (Å²) >= 11 is 0. The van der Waals surface area contributed by atoms with Crippen molar-refractivity contribution < 1.29 is 17.9 Å². The van der Waals surface area contributed by atoms with Crippen molar-refractivity contribution in [3.63, 3.8) is 0 Å². The molecular formula is C13H14F3NO. The molecule has 0 heterocycles. The van der Waals surface area contributed by atoms with Crippen molar-refractivity contribution in [1.29, 1.82) is 0 Å². The average Bonchev–Trinajstić information content (AvgIpc) is 2.28. The highest BCUT2D eigenvalue weighted by atomic mass is 19.4. The molecule has 0 fully saturated rings. The van der Waals surface area contributed by atoms with Crippen LogP contribution in [0, 0.1) is 12.3 Å². The first-order chi connectivity index (χ1) is 8.42. The molecule has 0 spiro atoms. The van der Waals surface area contributed by atoms with E-state index in [-0.39, 0.29) is 11.8 Å². The molecule has 1 aromatic rings. The number of halogens is 3. The van der Waals surface area contributed by atoms with Gasteiger partial charge in [-0.15, -0.1) is 25.5 Å². The van der Waals surface area contributed by atoms with Crippen molar-refractivity contribution in [1.82, 2.24) is 5.32 Å². The van der Waals surface area contributed by atoms with Gasteiger partial charge in [0, 0.05) is 19.0 Å². The Labute approximate surface area is 104 Å². The molecular weight excluding hydrogens is 243 g/mol. The zero-order valence-electron chi connectivity index (χ0n) is 9.92. The third kappa shape index (κ3) is 5.11. The summed E-state index contributed by atoms with van der Waals surface area (Å²) in [6.07, 6.45) is 1.08. The van der Waals surface area contributed by atoms with E-state index in [4.69, 9.17) is 6.42 Å². The maximum Gasteiger partial charge on any atom is 0.573 e. The molecule has 0 bridgehead atoms. The molecule has 0 aromatic heterocycles. The fraction of sp³-hybridized carbons (Fsp3) is 0.385. The van der Waals surface area contributed by atoms with E-state index < -0.39 is 6.36 Å². The van der Waals surface area contributed by atoms with E-state index in [9.17, 15) is 13.2 Å². The lowest BCUT2D eigenvalue weighted by Crippen LogP contribution is -2.20. The summed E-state index contributed by atoms with van der Waals surface area (Å²) in [7, 11) is 0. The predicted octanol–water partition coefficient (Wildman–Crippen LogP) is 3.26. The van der Waals surface area contributed by atoms with E-state index in [2.05, 4.69) is 16.0 Å². The number of hydrogen-bond donors (Lipinski definition) is 1. The maximum atomic E-state index is 12.0. The lowest BCUT2D eigenvalue weighted by atomic mass is 10.1. The van der Waals surface area contributed by atoms with Gasteiger partial charge in [-0.25, -0.2) is 0 Å². The van der Waals surface area contributed by atoms with Crippen LogP contribution < -0.4 is 10.1 Å². The van der Waals surface area contributed by atoms with Gasteiger partial charge in [-0.1, -0.05) is 12.1 Å². The summed E-state index contributed by atoms with van der Waals surface area (Å²) < 4.78 is 39.6. The number of hydrogen-bond acceptors (Lipinski definition) is 2. The number of benzene rings is 1. The number of alkyl halides is 3. The fourth-order valence-electron chi connectivity index (χ4n) is 1.44. The summed E-state index contributed by atoms with van der Waals surface area (Å²) in [5, 5.41) is 3.16. The summed E-state index contributed by atoms with van der Waals surface area (Å²) in [6.45, 7) is 2.58. The van der Waals surface area contributed by atoms with Gasteiger partial charge >= 0.3 is 6.36 Å². The zero-order chi connectivity index (χ0) is 13.6. The van der Waals surface area contributed by atoms with Crippen molar-refractivity contribution >= 4 is 0 Å². The third-order valence-corrected chi connectivity index (χ3v) is 2.33. The van der Waals surface area contributed by atoms with Crippen molar-refractivity contribution in [2.75, 3.05) is 6.54 Å². The summed E-state index contributed by atoms with van der Waals surface area (Å²) in [5.41, 5.74) is 0.876. The molecule has 0 amide bonds. The van der Waals surface area contributed by atoms with Crippen molar-refractivity contribution in [3.8, 4) is 18.1 Å². The molecule has 1 unspecified atom stereocenters. The molecule has 2 nitrogen and oxygen atoms in total. The molecule has 0 radical (unpaired) electrons. The van der Waals surface area contributed by atoms with E-state index >= 15 is 0 Å².